The molecule has 0 radical (unpaired) electrons. The van der Waals surface area contributed by atoms with E-state index < -0.39 is 23.5 Å². The maximum absolute atomic E-state index is 13.1. The number of aromatic nitrogens is 2. The molecule has 6 aromatic rings. The minimum atomic E-state index is -0.710. The quantitative estimate of drug-likeness (QED) is 0.124. The van der Waals surface area contributed by atoms with Crippen LogP contribution in [0.5, 0.6) is 11.5 Å². The Bertz CT molecular complexity index is 2520. The molecule has 0 saturated carbocycles. The van der Waals surface area contributed by atoms with Crippen molar-refractivity contribution in [2.24, 2.45) is 0 Å². The molecule has 0 aliphatic carbocycles. The summed E-state index contributed by atoms with van der Waals surface area (Å²) in [7, 11) is 3.18. The van der Waals surface area contributed by atoms with Crippen LogP contribution in [0, 0.1) is 3.57 Å². The molecule has 52 heavy (non-hydrogen) atoms. The molecule has 4 amide bonds. The summed E-state index contributed by atoms with van der Waals surface area (Å²) in [6, 6.07) is 23.5. The number of benzene rings is 4. The van der Waals surface area contributed by atoms with Crippen LogP contribution in [0.15, 0.2) is 78.9 Å². The maximum Gasteiger partial charge on any atom is 0.419 e. The van der Waals surface area contributed by atoms with Crippen molar-refractivity contribution in [1.82, 2.24) is 20.2 Å². The Morgan fingerprint density at radius 2 is 1.31 bits per heavy atom. The van der Waals surface area contributed by atoms with Crippen LogP contribution in [0.3, 0.4) is 0 Å². The van der Waals surface area contributed by atoms with Gasteiger partial charge < -0.3 is 19.2 Å². The molecular weight excluding hydrogens is 779 g/mol. The number of hydrogen-bond donors (Lipinski definition) is 3. The predicted octanol–water partition coefficient (Wildman–Crippen LogP) is 7.32. The van der Waals surface area contributed by atoms with Gasteiger partial charge >= 0.3 is 6.09 Å². The summed E-state index contributed by atoms with van der Waals surface area (Å²) in [5, 5.41) is 6.40. The molecular formula is C39H31IN4O8. The molecule has 2 aromatic heterocycles. The normalized spacial score (nSPS) is 13.3. The van der Waals surface area contributed by atoms with Gasteiger partial charge in [-0.2, -0.15) is 0 Å². The van der Waals surface area contributed by atoms with Crippen molar-refractivity contribution in [1.29, 1.82) is 0 Å². The first-order valence-corrected chi connectivity index (χ1v) is 17.1. The Morgan fingerprint density at radius 3 is 2.02 bits per heavy atom. The first kappa shape index (κ1) is 34.5. The highest BCUT2D eigenvalue weighted by Crippen LogP contribution is 2.37. The fourth-order valence-corrected chi connectivity index (χ4v) is 7.02. The Hall–Kier alpha value is -5.96. The number of hydrogen-bond acceptors (Lipinski definition) is 8. The second-order valence-corrected chi connectivity index (χ2v) is 14.2. The summed E-state index contributed by atoms with van der Waals surface area (Å²) in [6.45, 7) is 5.36. The average molecular weight is 811 g/mol. The van der Waals surface area contributed by atoms with E-state index in [0.717, 1.165) is 33.3 Å². The number of methoxy groups -OCH3 is 2. The minimum absolute atomic E-state index is 0.256. The number of ether oxygens (including phenoxy) is 3. The zero-order chi connectivity index (χ0) is 37.1. The van der Waals surface area contributed by atoms with Gasteiger partial charge in [-0.3, -0.25) is 29.8 Å². The summed E-state index contributed by atoms with van der Waals surface area (Å²) in [4.78, 5) is 65.1. The van der Waals surface area contributed by atoms with Crippen molar-refractivity contribution in [3.8, 4) is 34.0 Å². The van der Waals surface area contributed by atoms with Crippen molar-refractivity contribution >= 4 is 74.1 Å². The van der Waals surface area contributed by atoms with E-state index >= 15 is 0 Å². The van der Waals surface area contributed by atoms with Crippen LogP contribution >= 0.6 is 22.6 Å². The van der Waals surface area contributed by atoms with Gasteiger partial charge in [0.25, 0.3) is 23.6 Å². The Labute approximate surface area is 310 Å². The predicted molar refractivity (Wildman–Crippen MR) is 202 cm³/mol. The molecule has 4 aromatic carbocycles. The van der Waals surface area contributed by atoms with E-state index in [4.69, 9.17) is 14.2 Å². The van der Waals surface area contributed by atoms with E-state index in [9.17, 15) is 24.0 Å². The van der Waals surface area contributed by atoms with Crippen LogP contribution in [0.1, 0.15) is 62.2 Å². The molecule has 0 bridgehead atoms. The van der Waals surface area contributed by atoms with Gasteiger partial charge in [0.15, 0.2) is 0 Å². The smallest absolute Gasteiger partial charge is 0.419 e. The molecule has 0 atom stereocenters. The Morgan fingerprint density at radius 1 is 0.673 bits per heavy atom. The largest absolute Gasteiger partial charge is 0.497 e. The number of fused-ring (bicyclic) bond motifs is 4. The van der Waals surface area contributed by atoms with Crippen molar-refractivity contribution in [3.63, 3.8) is 0 Å². The number of carbonyl (C=O) groups excluding carboxylic acids is 5. The SMILES string of the molecule is COc1ccc2[nH]c(-c3cccc4c3C(=O)NC4=O)cc2c1.COc1ccc2c(c1)cc(-c1ccc(I)c3c1C(=O)NC3=O)n2C(=O)OC(C)(C)C. The molecule has 13 heteroatoms. The molecule has 2 aliphatic heterocycles. The average Bonchev–Trinajstić information content (AvgIpc) is 3.85. The number of imide groups is 2. The molecule has 0 saturated heterocycles. The van der Waals surface area contributed by atoms with Gasteiger partial charge in [-0.25, -0.2) is 9.36 Å². The minimum Gasteiger partial charge on any atom is -0.497 e. The zero-order valence-electron chi connectivity index (χ0n) is 28.6. The number of halogens is 1. The number of aromatic amines is 1. The van der Waals surface area contributed by atoms with Crippen LogP contribution in [0.25, 0.3) is 44.3 Å². The monoisotopic (exact) mass is 810 g/mol. The number of amides is 4. The van der Waals surface area contributed by atoms with Crippen LogP contribution in [0.4, 0.5) is 4.79 Å². The first-order valence-electron chi connectivity index (χ1n) is 16.0. The second kappa shape index (κ2) is 13.0. The van der Waals surface area contributed by atoms with Gasteiger partial charge in [-0.1, -0.05) is 18.2 Å². The zero-order valence-corrected chi connectivity index (χ0v) is 30.8. The molecule has 3 N–H and O–H groups in total. The summed E-state index contributed by atoms with van der Waals surface area (Å²) in [5.41, 5.74) is 4.71. The first-order chi connectivity index (χ1) is 24.8. The molecule has 0 unspecified atom stereocenters. The van der Waals surface area contributed by atoms with Crippen LogP contribution < -0.4 is 20.1 Å². The number of rotatable bonds is 4. The maximum atomic E-state index is 13.1. The number of H-pyrrole nitrogens is 1. The molecule has 0 fully saturated rings. The number of nitrogens with zero attached hydrogens (tertiary/aromatic N) is 1. The van der Waals surface area contributed by atoms with E-state index in [-0.39, 0.29) is 17.4 Å². The van der Waals surface area contributed by atoms with Crippen LogP contribution in [0.2, 0.25) is 0 Å². The van der Waals surface area contributed by atoms with E-state index in [0.29, 0.717) is 42.8 Å². The van der Waals surface area contributed by atoms with E-state index in [2.05, 4.69) is 15.6 Å². The van der Waals surface area contributed by atoms with Crippen molar-refractivity contribution in [2.45, 2.75) is 26.4 Å². The van der Waals surface area contributed by atoms with E-state index in [1.54, 1.807) is 83.5 Å². The molecule has 2 aliphatic rings. The van der Waals surface area contributed by atoms with Crippen molar-refractivity contribution in [3.05, 3.63) is 105 Å². The molecule has 0 spiro atoms. The van der Waals surface area contributed by atoms with Gasteiger partial charge in [-0.15, -0.1) is 0 Å². The fraction of sp³-hybridized carbons (Fsp3) is 0.154. The third kappa shape index (κ3) is 6.06. The lowest BCUT2D eigenvalue weighted by atomic mass is 10.00. The van der Waals surface area contributed by atoms with Gasteiger partial charge in [0, 0.05) is 36.7 Å². The standard InChI is InChI=1S/C22H19IN2O5.C17H12N2O3/c1-22(2,3)30-21(28)25-15-8-5-12(29-4)9-11(15)10-16(25)13-6-7-14(23)18-17(13)19(26)24-20(18)27;1-22-10-5-6-13-9(7-10)8-14(18-13)11-3-2-4-12-15(11)17(21)19-16(12)20/h5-10H,1-4H3,(H,24,26,27);2-8,18H,1H3,(H,19,20,21). The number of nitrogens with one attached hydrogen (secondary N) is 3. The molecule has 262 valence electrons. The lowest BCUT2D eigenvalue weighted by molar-refractivity contribution is 0.0546. The third-order valence-corrected chi connectivity index (χ3v) is 9.48. The molecule has 4 heterocycles. The summed E-state index contributed by atoms with van der Waals surface area (Å²) < 4.78 is 18.2. The van der Waals surface area contributed by atoms with E-state index in [1.807, 2.05) is 52.9 Å². The van der Waals surface area contributed by atoms with Gasteiger partial charge in [0.2, 0.25) is 0 Å². The van der Waals surface area contributed by atoms with Crippen LogP contribution in [-0.2, 0) is 4.74 Å². The summed E-state index contributed by atoms with van der Waals surface area (Å²) >= 11 is 2.02. The van der Waals surface area contributed by atoms with Gasteiger partial charge in [-0.05, 0) is 104 Å². The fourth-order valence-electron chi connectivity index (χ4n) is 6.33. The Balaban J connectivity index is 0.000000169. The summed E-state index contributed by atoms with van der Waals surface area (Å²) in [6.07, 6.45) is -0.574. The number of carbonyl (C=O) groups is 5. The van der Waals surface area contributed by atoms with Crippen molar-refractivity contribution < 1.29 is 38.2 Å². The highest BCUT2D eigenvalue weighted by atomic mass is 127. The highest BCUT2D eigenvalue weighted by molar-refractivity contribution is 14.1. The lowest BCUT2D eigenvalue weighted by Crippen LogP contribution is -2.27. The Kier molecular flexibility index (Phi) is 8.61. The van der Waals surface area contributed by atoms with Crippen molar-refractivity contribution in [2.75, 3.05) is 14.2 Å². The van der Waals surface area contributed by atoms with Gasteiger partial charge in [0.1, 0.15) is 17.1 Å². The molecule has 8 rings (SSSR count). The van der Waals surface area contributed by atoms with Gasteiger partial charge in [0.05, 0.1) is 47.7 Å². The second-order valence-electron chi connectivity index (χ2n) is 13.0. The summed E-state index contributed by atoms with van der Waals surface area (Å²) in [5.74, 6) is -0.225. The topological polar surface area (TPSA) is 158 Å². The third-order valence-electron chi connectivity index (χ3n) is 8.58. The molecule has 12 nitrogen and oxygen atoms in total. The lowest BCUT2D eigenvalue weighted by Gasteiger charge is -2.21. The van der Waals surface area contributed by atoms with Crippen LogP contribution in [-0.4, -0.2) is 59.1 Å². The van der Waals surface area contributed by atoms with E-state index in [1.165, 1.54) is 4.57 Å². The highest BCUT2D eigenvalue weighted by Gasteiger charge is 2.34.